The van der Waals surface area contributed by atoms with Gasteiger partial charge in [0.2, 0.25) is 0 Å². The number of hydrogen-bond donors (Lipinski definition) is 1. The van der Waals surface area contributed by atoms with E-state index in [1.807, 2.05) is 0 Å². The maximum absolute atomic E-state index is 8.12. The Morgan fingerprint density at radius 1 is 1.44 bits per heavy atom. The van der Waals surface area contributed by atoms with E-state index < -0.39 is 12.3 Å². The smallest absolute Gasteiger partial charge is 0.0708 e. The molecule has 1 aromatic carbocycles. The summed E-state index contributed by atoms with van der Waals surface area (Å²) >= 11 is 5.88. The zero-order chi connectivity index (χ0) is 16.2. The molecule has 3 heteroatoms. The number of rotatable bonds is 0. The molecule has 84 valence electrons. The number of anilines is 1. The van der Waals surface area contributed by atoms with Crippen molar-refractivity contribution in [3.8, 4) is 0 Å². The van der Waals surface area contributed by atoms with Crippen molar-refractivity contribution in [2.45, 2.75) is 26.1 Å². The van der Waals surface area contributed by atoms with Gasteiger partial charge in [0, 0.05) is 19.9 Å². The Morgan fingerprint density at radius 3 is 2.88 bits per heavy atom. The molecule has 0 saturated heterocycles. The van der Waals surface area contributed by atoms with Crippen molar-refractivity contribution in [3.63, 3.8) is 0 Å². The first-order valence-electron chi connectivity index (χ1n) is 7.34. The number of nitrogens with zero attached hydrogens (tertiary/aromatic N) is 1. The van der Waals surface area contributed by atoms with Crippen molar-refractivity contribution in [1.82, 2.24) is 4.98 Å². The van der Waals surface area contributed by atoms with Crippen LogP contribution >= 0.6 is 11.6 Å². The van der Waals surface area contributed by atoms with Crippen LogP contribution in [0.2, 0.25) is 5.02 Å². The van der Waals surface area contributed by atoms with Crippen LogP contribution in [0.5, 0.6) is 0 Å². The molecule has 2 aromatic rings. The molecule has 1 aromatic heterocycles. The molecule has 0 aliphatic rings. The number of nitrogen functional groups attached to an aromatic ring is 1. The molecule has 1 heterocycles. The predicted molar refractivity (Wildman–Crippen MR) is 69.9 cm³/mol. The summed E-state index contributed by atoms with van der Waals surface area (Å²) in [5.74, 6) is 0. The van der Waals surface area contributed by atoms with E-state index in [0.717, 1.165) is 0 Å². The Kier molecular flexibility index (Phi) is 1.47. The normalized spacial score (nSPS) is 17.3. The molecule has 2 nitrogen and oxygen atoms in total. The summed E-state index contributed by atoms with van der Waals surface area (Å²) in [6.07, 6.45) is 0. The summed E-state index contributed by atoms with van der Waals surface area (Å²) in [5, 5.41) is 0.421. The zero-order valence-electron chi connectivity index (χ0n) is 14.1. The van der Waals surface area contributed by atoms with Crippen molar-refractivity contribution in [3.05, 3.63) is 34.9 Å². The van der Waals surface area contributed by atoms with Gasteiger partial charge in [-0.3, -0.25) is 4.98 Å². The summed E-state index contributed by atoms with van der Waals surface area (Å²) < 4.78 is 39.0. The second-order valence-corrected chi connectivity index (χ2v) is 4.60. The molecule has 0 aliphatic heterocycles. The van der Waals surface area contributed by atoms with Crippen molar-refractivity contribution in [2.75, 3.05) is 5.73 Å². The Hall–Kier alpha value is -1.28. The highest BCUT2D eigenvalue weighted by molar-refractivity contribution is 6.31. The minimum Gasteiger partial charge on any atom is -0.397 e. The molecular weight excluding hydrogens is 220 g/mol. The fraction of sp³-hybridized carbons (Fsp3) is 0.308. The van der Waals surface area contributed by atoms with Crippen LogP contribution in [0, 0.1) is 0 Å². The van der Waals surface area contributed by atoms with E-state index in [2.05, 4.69) is 4.98 Å². The van der Waals surface area contributed by atoms with Gasteiger partial charge in [0.1, 0.15) is 0 Å². The van der Waals surface area contributed by atoms with Crippen LogP contribution in [0.15, 0.2) is 24.2 Å². The Labute approximate surface area is 107 Å². The van der Waals surface area contributed by atoms with Gasteiger partial charge in [0.15, 0.2) is 0 Å². The summed E-state index contributed by atoms with van der Waals surface area (Å²) in [5.41, 5.74) is 5.08. The molecule has 0 amide bonds. The Morgan fingerprint density at radius 2 is 2.19 bits per heavy atom. The minimum absolute atomic E-state index is 0.0283. The fourth-order valence-corrected chi connectivity index (χ4v) is 1.66. The van der Waals surface area contributed by atoms with Crippen LogP contribution in [-0.2, 0) is 5.41 Å². The first-order chi connectivity index (χ1) is 9.48. The molecule has 0 radical (unpaired) electrons. The Bertz CT molecular complexity index is 725. The number of halogens is 1. The maximum atomic E-state index is 8.12. The van der Waals surface area contributed by atoms with Crippen LogP contribution in [-0.4, -0.2) is 4.98 Å². The average Bonchev–Trinajstić information content (AvgIpc) is 2.36. The lowest BCUT2D eigenvalue weighted by atomic mass is 9.90. The number of aromatic nitrogens is 1. The lowest BCUT2D eigenvalue weighted by Crippen LogP contribution is -2.16. The van der Waals surface area contributed by atoms with Gasteiger partial charge in [0.25, 0.3) is 0 Å². The van der Waals surface area contributed by atoms with Crippen LogP contribution in [0.3, 0.4) is 0 Å². The topological polar surface area (TPSA) is 38.9 Å². The lowest BCUT2D eigenvalue weighted by molar-refractivity contribution is 0.574. The number of hydrogen-bond acceptors (Lipinski definition) is 2. The molecule has 0 bridgehead atoms. The van der Waals surface area contributed by atoms with Gasteiger partial charge in [-0.2, -0.15) is 0 Å². The van der Waals surface area contributed by atoms with Crippen molar-refractivity contribution in [2.24, 2.45) is 0 Å². The van der Waals surface area contributed by atoms with E-state index in [-0.39, 0.29) is 33.9 Å². The summed E-state index contributed by atoms with van der Waals surface area (Å²) in [6.45, 7) is 0.716. The van der Waals surface area contributed by atoms with Gasteiger partial charge in [-0.25, -0.2) is 0 Å². The van der Waals surface area contributed by atoms with Gasteiger partial charge in [-0.1, -0.05) is 32.3 Å². The molecule has 0 fully saturated rings. The van der Waals surface area contributed by atoms with Crippen molar-refractivity contribution < 1.29 is 6.85 Å². The third kappa shape index (κ3) is 1.98. The highest BCUT2D eigenvalue weighted by Crippen LogP contribution is 2.29. The van der Waals surface area contributed by atoms with E-state index in [1.54, 1.807) is 6.07 Å². The third-order valence-electron chi connectivity index (χ3n) is 2.23. The quantitative estimate of drug-likeness (QED) is 0.760. The second-order valence-electron chi connectivity index (χ2n) is 4.19. The molecule has 0 spiro atoms. The molecule has 16 heavy (non-hydrogen) atoms. The molecular formula is C13H15ClN2. The standard InChI is InChI=1S/C13H15ClN2/c1-13(2,3)12-10(15)7-8-6-9(14)4-5-11(8)16-12/h4-7H,15H2,1-3H3/i1D3,6D,7D. The van der Waals surface area contributed by atoms with Gasteiger partial charge in [0.05, 0.1) is 19.6 Å². The number of pyridine rings is 1. The number of benzene rings is 1. The molecule has 2 rings (SSSR count). The minimum atomic E-state index is -2.32. The first-order valence-corrected chi connectivity index (χ1v) is 5.21. The van der Waals surface area contributed by atoms with Crippen LogP contribution in [0.25, 0.3) is 10.9 Å². The molecule has 0 unspecified atom stereocenters. The average molecular weight is 240 g/mol. The van der Waals surface area contributed by atoms with E-state index in [4.69, 9.17) is 24.2 Å². The SMILES string of the molecule is [2H]c1c(Cl)ccc2nc(C(C)(C)C([2H])([2H])[2H])c(N)c([2H])c12. The van der Waals surface area contributed by atoms with Crippen LogP contribution in [0.4, 0.5) is 5.69 Å². The first kappa shape index (κ1) is 6.45. The van der Waals surface area contributed by atoms with Crippen LogP contribution in [0.1, 0.15) is 33.2 Å². The van der Waals surface area contributed by atoms with Crippen LogP contribution < -0.4 is 5.73 Å². The maximum Gasteiger partial charge on any atom is 0.0708 e. The highest BCUT2D eigenvalue weighted by atomic mass is 35.5. The lowest BCUT2D eigenvalue weighted by Gasteiger charge is -2.20. The highest BCUT2D eigenvalue weighted by Gasteiger charge is 2.19. The number of fused-ring (bicyclic) bond motifs is 1. The fourth-order valence-electron chi connectivity index (χ4n) is 1.50. The van der Waals surface area contributed by atoms with Gasteiger partial charge < -0.3 is 5.73 Å². The second kappa shape index (κ2) is 3.63. The largest absolute Gasteiger partial charge is 0.397 e. The molecule has 0 saturated carbocycles. The van der Waals surface area contributed by atoms with E-state index in [9.17, 15) is 0 Å². The molecule has 0 aliphatic carbocycles. The number of nitrogens with two attached hydrogens (primary N) is 1. The van der Waals surface area contributed by atoms with E-state index in [1.165, 1.54) is 19.9 Å². The van der Waals surface area contributed by atoms with Gasteiger partial charge in [-0.15, -0.1) is 0 Å². The zero-order valence-corrected chi connectivity index (χ0v) is 9.81. The Balaban J connectivity index is 2.87. The molecule has 2 N–H and O–H groups in total. The van der Waals surface area contributed by atoms with E-state index in [0.29, 0.717) is 5.52 Å². The summed E-state index contributed by atoms with van der Waals surface area (Å²) in [4.78, 5) is 4.29. The van der Waals surface area contributed by atoms with Gasteiger partial charge in [-0.05, 0) is 24.2 Å². The third-order valence-corrected chi connectivity index (χ3v) is 2.45. The molecule has 0 atom stereocenters. The summed E-state index contributed by atoms with van der Waals surface area (Å²) in [6, 6.07) is 2.92. The summed E-state index contributed by atoms with van der Waals surface area (Å²) in [7, 11) is 0. The van der Waals surface area contributed by atoms with Crippen molar-refractivity contribution in [1.29, 1.82) is 0 Å². The van der Waals surface area contributed by atoms with Gasteiger partial charge >= 0.3 is 0 Å². The predicted octanol–water partition coefficient (Wildman–Crippen LogP) is 3.77. The monoisotopic (exact) mass is 239 g/mol. The van der Waals surface area contributed by atoms with Crippen molar-refractivity contribution >= 4 is 28.2 Å². The van der Waals surface area contributed by atoms with E-state index >= 15 is 0 Å².